The third-order valence-corrected chi connectivity index (χ3v) is 3.37. The van der Waals surface area contributed by atoms with Gasteiger partial charge in [0.1, 0.15) is 5.54 Å². The van der Waals surface area contributed by atoms with Crippen molar-refractivity contribution >= 4 is 5.97 Å². The summed E-state index contributed by atoms with van der Waals surface area (Å²) in [7, 11) is 0. The third kappa shape index (κ3) is 5.50. The third-order valence-electron chi connectivity index (χ3n) is 3.37. The normalized spacial score (nSPS) is 15.2. The smallest absolute Gasteiger partial charge is 0.323 e. The predicted octanol–water partition coefficient (Wildman–Crippen LogP) is 2.08. The van der Waals surface area contributed by atoms with Crippen LogP contribution in [0.4, 0.5) is 0 Å². The highest BCUT2D eigenvalue weighted by atomic mass is 16.4. The van der Waals surface area contributed by atoms with E-state index in [1.54, 1.807) is 0 Å². The van der Waals surface area contributed by atoms with Gasteiger partial charge in [0.25, 0.3) is 0 Å². The molecule has 0 radical (unpaired) electrons. The standard InChI is InChI=1S/C13H28N2O2/c1-5-9-15(11(3)4)10-7-8-13(14,6-2)12(16)17/h11H,5-10,14H2,1-4H3,(H,16,17). The van der Waals surface area contributed by atoms with Crippen molar-refractivity contribution in [1.29, 1.82) is 0 Å². The number of hydrogen-bond donors (Lipinski definition) is 2. The monoisotopic (exact) mass is 244 g/mol. The second kappa shape index (κ2) is 7.67. The van der Waals surface area contributed by atoms with Crippen LogP contribution in [-0.2, 0) is 4.79 Å². The maximum Gasteiger partial charge on any atom is 0.323 e. The van der Waals surface area contributed by atoms with Gasteiger partial charge >= 0.3 is 5.97 Å². The molecule has 0 heterocycles. The summed E-state index contributed by atoms with van der Waals surface area (Å²) in [5, 5.41) is 9.07. The number of aliphatic carboxylic acids is 1. The van der Waals surface area contributed by atoms with Gasteiger partial charge in [-0.05, 0) is 52.6 Å². The predicted molar refractivity (Wildman–Crippen MR) is 71.1 cm³/mol. The van der Waals surface area contributed by atoms with Crippen LogP contribution >= 0.6 is 0 Å². The summed E-state index contributed by atoms with van der Waals surface area (Å²) in [6.45, 7) is 10.3. The summed E-state index contributed by atoms with van der Waals surface area (Å²) in [4.78, 5) is 13.4. The van der Waals surface area contributed by atoms with E-state index in [1.165, 1.54) is 0 Å². The fourth-order valence-corrected chi connectivity index (χ4v) is 1.95. The van der Waals surface area contributed by atoms with Gasteiger partial charge in [-0.25, -0.2) is 0 Å². The average Bonchev–Trinajstić information content (AvgIpc) is 2.27. The largest absolute Gasteiger partial charge is 0.480 e. The average molecular weight is 244 g/mol. The maximum absolute atomic E-state index is 11.0. The number of rotatable bonds is 9. The van der Waals surface area contributed by atoms with E-state index in [-0.39, 0.29) is 0 Å². The van der Waals surface area contributed by atoms with Crippen molar-refractivity contribution in [2.24, 2.45) is 5.73 Å². The molecular weight excluding hydrogens is 216 g/mol. The number of carboxylic acid groups (broad SMARTS) is 1. The Kier molecular flexibility index (Phi) is 7.39. The summed E-state index contributed by atoms with van der Waals surface area (Å²) in [6.07, 6.45) is 3.00. The number of carboxylic acids is 1. The second-order valence-corrected chi connectivity index (χ2v) is 5.05. The minimum Gasteiger partial charge on any atom is -0.480 e. The molecule has 0 amide bonds. The highest BCUT2D eigenvalue weighted by Gasteiger charge is 2.31. The number of hydrogen-bond acceptors (Lipinski definition) is 3. The molecule has 1 unspecified atom stereocenters. The van der Waals surface area contributed by atoms with E-state index in [9.17, 15) is 4.79 Å². The van der Waals surface area contributed by atoms with Crippen molar-refractivity contribution in [2.45, 2.75) is 65.0 Å². The zero-order chi connectivity index (χ0) is 13.5. The molecule has 0 spiro atoms. The molecule has 0 aliphatic carbocycles. The van der Waals surface area contributed by atoms with E-state index in [4.69, 9.17) is 10.8 Å². The zero-order valence-corrected chi connectivity index (χ0v) is 11.7. The van der Waals surface area contributed by atoms with E-state index >= 15 is 0 Å². The van der Waals surface area contributed by atoms with Gasteiger partial charge in [-0.2, -0.15) is 0 Å². The molecule has 0 rings (SSSR count). The summed E-state index contributed by atoms with van der Waals surface area (Å²) in [6, 6.07) is 0.508. The van der Waals surface area contributed by atoms with Crippen LogP contribution in [0.15, 0.2) is 0 Å². The molecule has 0 aliphatic rings. The highest BCUT2D eigenvalue weighted by molar-refractivity contribution is 5.78. The lowest BCUT2D eigenvalue weighted by Gasteiger charge is -2.28. The minimum atomic E-state index is -1.05. The minimum absolute atomic E-state index is 0.484. The Balaban J connectivity index is 4.14. The first-order valence-electron chi connectivity index (χ1n) is 6.63. The molecule has 4 heteroatoms. The van der Waals surface area contributed by atoms with Crippen molar-refractivity contribution in [3.05, 3.63) is 0 Å². The zero-order valence-electron chi connectivity index (χ0n) is 11.7. The van der Waals surface area contributed by atoms with Crippen molar-refractivity contribution < 1.29 is 9.90 Å². The molecule has 0 aromatic rings. The number of nitrogens with two attached hydrogens (primary N) is 1. The first kappa shape index (κ1) is 16.4. The van der Waals surface area contributed by atoms with Crippen LogP contribution in [0.1, 0.15) is 53.4 Å². The molecule has 0 saturated carbocycles. The van der Waals surface area contributed by atoms with E-state index in [0.29, 0.717) is 18.9 Å². The molecular formula is C13H28N2O2. The van der Waals surface area contributed by atoms with Gasteiger partial charge in [0, 0.05) is 6.04 Å². The van der Waals surface area contributed by atoms with Gasteiger partial charge in [0.05, 0.1) is 0 Å². The Morgan fingerprint density at radius 1 is 1.35 bits per heavy atom. The van der Waals surface area contributed by atoms with Gasteiger partial charge in [-0.15, -0.1) is 0 Å². The Morgan fingerprint density at radius 2 is 1.94 bits per heavy atom. The Bertz CT molecular complexity index is 231. The highest BCUT2D eigenvalue weighted by Crippen LogP contribution is 2.15. The van der Waals surface area contributed by atoms with E-state index in [2.05, 4.69) is 25.7 Å². The molecule has 0 aromatic carbocycles. The fourth-order valence-electron chi connectivity index (χ4n) is 1.95. The van der Waals surface area contributed by atoms with Crippen molar-refractivity contribution in [2.75, 3.05) is 13.1 Å². The molecule has 0 bridgehead atoms. The fraction of sp³-hybridized carbons (Fsp3) is 0.923. The lowest BCUT2D eigenvalue weighted by molar-refractivity contribution is -0.143. The van der Waals surface area contributed by atoms with Crippen LogP contribution in [0, 0.1) is 0 Å². The van der Waals surface area contributed by atoms with Crippen molar-refractivity contribution in [3.8, 4) is 0 Å². The molecule has 17 heavy (non-hydrogen) atoms. The Labute approximate surface area is 105 Å². The summed E-state index contributed by atoms with van der Waals surface area (Å²) < 4.78 is 0. The lowest BCUT2D eigenvalue weighted by Crippen LogP contribution is -2.48. The van der Waals surface area contributed by atoms with E-state index < -0.39 is 11.5 Å². The molecule has 0 fully saturated rings. The molecule has 0 saturated heterocycles. The van der Waals surface area contributed by atoms with Gasteiger partial charge in [0.2, 0.25) is 0 Å². The Hall–Kier alpha value is -0.610. The maximum atomic E-state index is 11.0. The van der Waals surface area contributed by atoms with Crippen LogP contribution in [0.25, 0.3) is 0 Å². The summed E-state index contributed by atoms with van der Waals surface area (Å²) in [5.74, 6) is -0.883. The molecule has 0 aromatic heterocycles. The first-order valence-corrected chi connectivity index (χ1v) is 6.63. The molecule has 1 atom stereocenters. The summed E-state index contributed by atoms with van der Waals surface area (Å²) >= 11 is 0. The van der Waals surface area contributed by atoms with Crippen LogP contribution in [0.5, 0.6) is 0 Å². The van der Waals surface area contributed by atoms with Crippen LogP contribution in [0.3, 0.4) is 0 Å². The van der Waals surface area contributed by atoms with Gasteiger partial charge in [-0.1, -0.05) is 13.8 Å². The number of nitrogens with zero attached hydrogens (tertiary/aromatic N) is 1. The van der Waals surface area contributed by atoms with Gasteiger partial charge in [0.15, 0.2) is 0 Å². The molecule has 0 aliphatic heterocycles. The van der Waals surface area contributed by atoms with Gasteiger partial charge < -0.3 is 15.7 Å². The van der Waals surface area contributed by atoms with Crippen LogP contribution < -0.4 is 5.73 Å². The summed E-state index contributed by atoms with van der Waals surface area (Å²) in [5.41, 5.74) is 4.81. The Morgan fingerprint density at radius 3 is 2.29 bits per heavy atom. The molecule has 102 valence electrons. The SMILES string of the molecule is CCCN(CCCC(N)(CC)C(=O)O)C(C)C. The molecule has 4 nitrogen and oxygen atoms in total. The lowest BCUT2D eigenvalue weighted by atomic mass is 9.91. The van der Waals surface area contributed by atoms with E-state index in [0.717, 1.165) is 25.9 Å². The van der Waals surface area contributed by atoms with Crippen molar-refractivity contribution in [3.63, 3.8) is 0 Å². The van der Waals surface area contributed by atoms with Gasteiger partial charge in [-0.3, -0.25) is 4.79 Å². The second-order valence-electron chi connectivity index (χ2n) is 5.05. The number of carbonyl (C=O) groups is 1. The first-order chi connectivity index (χ1) is 7.87. The van der Waals surface area contributed by atoms with E-state index in [1.807, 2.05) is 6.92 Å². The topological polar surface area (TPSA) is 66.6 Å². The quantitative estimate of drug-likeness (QED) is 0.651. The molecule has 3 N–H and O–H groups in total. The van der Waals surface area contributed by atoms with Crippen LogP contribution in [-0.4, -0.2) is 40.6 Å². The van der Waals surface area contributed by atoms with Crippen molar-refractivity contribution in [1.82, 2.24) is 4.90 Å². The van der Waals surface area contributed by atoms with Crippen LogP contribution in [0.2, 0.25) is 0 Å².